The molecule has 1 aliphatic heterocycles. The Morgan fingerprint density at radius 2 is 2.20 bits per heavy atom. The zero-order chi connectivity index (χ0) is 7.56. The highest BCUT2D eigenvalue weighted by Crippen LogP contribution is 2.13. The van der Waals surface area contributed by atoms with E-state index >= 15 is 0 Å². The van der Waals surface area contributed by atoms with Crippen molar-refractivity contribution in [1.82, 2.24) is 5.32 Å². The number of nitrogens with one attached hydrogen (secondary N) is 1. The van der Waals surface area contributed by atoms with Crippen LogP contribution < -0.4 is 5.32 Å². The van der Waals surface area contributed by atoms with Crippen molar-refractivity contribution in [3.8, 4) is 0 Å². The molecule has 1 aliphatic rings. The average Bonchev–Trinajstić information content (AvgIpc) is 1.88. The molecule has 2 atom stereocenters. The summed E-state index contributed by atoms with van der Waals surface area (Å²) in [5.41, 5.74) is 0. The van der Waals surface area contributed by atoms with Crippen LogP contribution in [0.4, 0.5) is 0 Å². The van der Waals surface area contributed by atoms with Gasteiger partial charge in [0.15, 0.2) is 0 Å². The fourth-order valence-corrected chi connectivity index (χ4v) is 1.51. The maximum absolute atomic E-state index is 5.59. The minimum atomic E-state index is 0.411. The molecule has 0 saturated carbocycles. The topological polar surface area (TPSA) is 21.3 Å². The summed E-state index contributed by atoms with van der Waals surface area (Å²) in [5, 5.41) is 3.39. The second-order valence-electron chi connectivity index (χ2n) is 3.32. The molecule has 2 heteroatoms. The van der Waals surface area contributed by atoms with Gasteiger partial charge < -0.3 is 10.1 Å². The first-order chi connectivity index (χ1) is 4.72. The maximum Gasteiger partial charge on any atom is 0.0748 e. The Hall–Kier alpha value is -0.0800. The van der Waals surface area contributed by atoms with Crippen molar-refractivity contribution in [3.63, 3.8) is 0 Å². The Labute approximate surface area is 63.0 Å². The summed E-state index contributed by atoms with van der Waals surface area (Å²) in [6.45, 7) is 8.46. The highest BCUT2D eigenvalue weighted by atomic mass is 16.5. The van der Waals surface area contributed by atoms with Gasteiger partial charge in [0.25, 0.3) is 0 Å². The molecule has 1 fully saturated rings. The van der Waals surface area contributed by atoms with Crippen LogP contribution in [0.15, 0.2) is 0 Å². The molecule has 0 amide bonds. The number of ether oxygens (including phenoxy) is 1. The molecule has 0 aliphatic carbocycles. The van der Waals surface area contributed by atoms with E-state index in [1.807, 2.05) is 0 Å². The second kappa shape index (κ2) is 3.35. The predicted octanol–water partition coefficient (Wildman–Crippen LogP) is 1.02. The third kappa shape index (κ3) is 1.70. The van der Waals surface area contributed by atoms with Crippen molar-refractivity contribution in [2.45, 2.75) is 32.9 Å². The normalized spacial score (nSPS) is 34.8. The van der Waals surface area contributed by atoms with E-state index in [9.17, 15) is 0 Å². The van der Waals surface area contributed by atoms with Crippen LogP contribution in [-0.2, 0) is 4.74 Å². The molecule has 0 aromatic carbocycles. The lowest BCUT2D eigenvalue weighted by Crippen LogP contribution is -2.48. The quantitative estimate of drug-likeness (QED) is 0.591. The monoisotopic (exact) mass is 143 g/mol. The smallest absolute Gasteiger partial charge is 0.0748 e. The van der Waals surface area contributed by atoms with Crippen molar-refractivity contribution in [2.75, 3.05) is 13.2 Å². The van der Waals surface area contributed by atoms with E-state index in [-0.39, 0.29) is 0 Å². The lowest BCUT2D eigenvalue weighted by atomic mass is 10.00. The molecule has 60 valence electrons. The van der Waals surface area contributed by atoms with Gasteiger partial charge in [0.05, 0.1) is 12.7 Å². The zero-order valence-electron chi connectivity index (χ0n) is 7.05. The standard InChI is InChI=1S/C8H17NO/c1-6(2)8-7(3)9-4-5-10-8/h6-9H,4-5H2,1-3H3. The van der Waals surface area contributed by atoms with Gasteiger partial charge in [-0.15, -0.1) is 0 Å². The first-order valence-corrected chi connectivity index (χ1v) is 4.07. The number of hydrogen-bond acceptors (Lipinski definition) is 2. The molecule has 0 aromatic heterocycles. The van der Waals surface area contributed by atoms with Crippen LogP contribution in [0.5, 0.6) is 0 Å². The fourth-order valence-electron chi connectivity index (χ4n) is 1.51. The molecule has 1 saturated heterocycles. The van der Waals surface area contributed by atoms with Crippen molar-refractivity contribution in [2.24, 2.45) is 5.92 Å². The molecule has 2 unspecified atom stereocenters. The van der Waals surface area contributed by atoms with Crippen molar-refractivity contribution in [1.29, 1.82) is 0 Å². The third-order valence-electron chi connectivity index (χ3n) is 2.03. The van der Waals surface area contributed by atoms with Gasteiger partial charge in [-0.2, -0.15) is 0 Å². The molecule has 0 bridgehead atoms. The van der Waals surface area contributed by atoms with Crippen LogP contribution in [-0.4, -0.2) is 25.3 Å². The molecule has 1 heterocycles. The van der Waals surface area contributed by atoms with Crippen LogP contribution in [0.2, 0.25) is 0 Å². The van der Waals surface area contributed by atoms with Gasteiger partial charge in [-0.3, -0.25) is 0 Å². The second-order valence-corrected chi connectivity index (χ2v) is 3.32. The van der Waals surface area contributed by atoms with E-state index in [0.29, 0.717) is 18.1 Å². The maximum atomic E-state index is 5.59. The average molecular weight is 143 g/mol. The van der Waals surface area contributed by atoms with Crippen LogP contribution in [0.25, 0.3) is 0 Å². The predicted molar refractivity (Wildman–Crippen MR) is 42.0 cm³/mol. The zero-order valence-corrected chi connectivity index (χ0v) is 7.05. The molecule has 1 N–H and O–H groups in total. The van der Waals surface area contributed by atoms with E-state index in [2.05, 4.69) is 26.1 Å². The van der Waals surface area contributed by atoms with Crippen molar-refractivity contribution >= 4 is 0 Å². The van der Waals surface area contributed by atoms with E-state index in [0.717, 1.165) is 13.2 Å². The Morgan fingerprint density at radius 1 is 1.50 bits per heavy atom. The van der Waals surface area contributed by atoms with Gasteiger partial charge >= 0.3 is 0 Å². The Bertz CT molecular complexity index is 103. The highest BCUT2D eigenvalue weighted by Gasteiger charge is 2.23. The minimum Gasteiger partial charge on any atom is -0.375 e. The Balaban J connectivity index is 2.40. The van der Waals surface area contributed by atoms with Crippen LogP contribution in [0, 0.1) is 5.92 Å². The summed E-state index contributed by atoms with van der Waals surface area (Å²) < 4.78 is 5.59. The van der Waals surface area contributed by atoms with Gasteiger partial charge in [0.2, 0.25) is 0 Å². The van der Waals surface area contributed by atoms with Crippen LogP contribution >= 0.6 is 0 Å². The van der Waals surface area contributed by atoms with E-state index in [1.54, 1.807) is 0 Å². The van der Waals surface area contributed by atoms with Crippen LogP contribution in [0.1, 0.15) is 20.8 Å². The summed E-state index contributed by atoms with van der Waals surface area (Å²) in [4.78, 5) is 0. The molecular weight excluding hydrogens is 126 g/mol. The van der Waals surface area contributed by atoms with E-state index < -0.39 is 0 Å². The molecule has 2 nitrogen and oxygen atoms in total. The summed E-state index contributed by atoms with van der Waals surface area (Å²) in [7, 11) is 0. The minimum absolute atomic E-state index is 0.411. The number of morpholine rings is 1. The molecule has 0 radical (unpaired) electrons. The summed E-state index contributed by atoms with van der Waals surface area (Å²) in [5.74, 6) is 0.628. The third-order valence-corrected chi connectivity index (χ3v) is 2.03. The molecule has 10 heavy (non-hydrogen) atoms. The number of hydrogen-bond donors (Lipinski definition) is 1. The summed E-state index contributed by atoms with van der Waals surface area (Å²) in [6.07, 6.45) is 0.411. The van der Waals surface area contributed by atoms with Gasteiger partial charge in [0, 0.05) is 12.6 Å². The number of rotatable bonds is 1. The van der Waals surface area contributed by atoms with Gasteiger partial charge in [-0.1, -0.05) is 13.8 Å². The van der Waals surface area contributed by atoms with Crippen molar-refractivity contribution < 1.29 is 4.74 Å². The fraction of sp³-hybridized carbons (Fsp3) is 1.00. The highest BCUT2D eigenvalue weighted by molar-refractivity contribution is 4.78. The SMILES string of the molecule is CC(C)C1OCCNC1C. The first kappa shape index (κ1) is 8.02. The molecule has 0 aromatic rings. The van der Waals surface area contributed by atoms with E-state index in [4.69, 9.17) is 4.74 Å². The lowest BCUT2D eigenvalue weighted by molar-refractivity contribution is -0.0258. The molecular formula is C8H17NO. The van der Waals surface area contributed by atoms with Gasteiger partial charge in [-0.05, 0) is 12.8 Å². The lowest BCUT2D eigenvalue weighted by Gasteiger charge is -2.32. The van der Waals surface area contributed by atoms with Crippen molar-refractivity contribution in [3.05, 3.63) is 0 Å². The molecule has 0 spiro atoms. The van der Waals surface area contributed by atoms with Crippen LogP contribution in [0.3, 0.4) is 0 Å². The molecule has 1 rings (SSSR count). The first-order valence-electron chi connectivity index (χ1n) is 4.07. The Kier molecular flexibility index (Phi) is 2.69. The van der Waals surface area contributed by atoms with Gasteiger partial charge in [0.1, 0.15) is 0 Å². The largest absolute Gasteiger partial charge is 0.375 e. The van der Waals surface area contributed by atoms with E-state index in [1.165, 1.54) is 0 Å². The summed E-state index contributed by atoms with van der Waals surface area (Å²) in [6, 6.07) is 0.522. The van der Waals surface area contributed by atoms with Gasteiger partial charge in [-0.25, -0.2) is 0 Å². The Morgan fingerprint density at radius 3 is 2.60 bits per heavy atom. The summed E-state index contributed by atoms with van der Waals surface area (Å²) >= 11 is 0.